The van der Waals surface area contributed by atoms with Crippen molar-refractivity contribution >= 4 is 15.9 Å². The Morgan fingerprint density at radius 2 is 2.07 bits per heavy atom. The number of hydrogen-bond acceptors (Lipinski definition) is 2. The van der Waals surface area contributed by atoms with Gasteiger partial charge in [-0.1, -0.05) is 6.07 Å². The van der Waals surface area contributed by atoms with Gasteiger partial charge in [-0.2, -0.15) is 0 Å². The summed E-state index contributed by atoms with van der Waals surface area (Å²) in [6, 6.07) is 2.05. The first-order chi connectivity index (χ1) is 6.57. The van der Waals surface area contributed by atoms with Gasteiger partial charge in [-0.15, -0.1) is 0 Å². The molecule has 14 heavy (non-hydrogen) atoms. The second-order valence-electron chi connectivity index (χ2n) is 3.49. The summed E-state index contributed by atoms with van der Waals surface area (Å²) in [5, 5.41) is 12.9. The maximum atomic E-state index is 9.85. The zero-order valence-electron chi connectivity index (χ0n) is 8.82. The van der Waals surface area contributed by atoms with Crippen molar-refractivity contribution in [1.82, 2.24) is 5.32 Å². The van der Waals surface area contributed by atoms with Crippen LogP contribution < -0.4 is 5.32 Å². The van der Waals surface area contributed by atoms with E-state index in [1.807, 2.05) is 20.0 Å². The summed E-state index contributed by atoms with van der Waals surface area (Å²) in [4.78, 5) is 0. The van der Waals surface area contributed by atoms with Crippen LogP contribution in [0.2, 0.25) is 0 Å². The third-order valence-electron chi connectivity index (χ3n) is 2.47. The molecule has 0 aliphatic carbocycles. The molecule has 0 aliphatic rings. The highest BCUT2D eigenvalue weighted by molar-refractivity contribution is 9.10. The van der Waals surface area contributed by atoms with E-state index in [4.69, 9.17) is 0 Å². The molecular formula is C11H16BrNO. The number of rotatable bonds is 3. The standard InChI is InChI=1S/C11H16BrNO/c1-7-6-9(4-5-13-3)11(14)10(12)8(7)2/h6,13-14H,4-5H2,1-3H3. The van der Waals surface area contributed by atoms with Gasteiger partial charge in [0.05, 0.1) is 4.47 Å². The Hall–Kier alpha value is -0.540. The highest BCUT2D eigenvalue weighted by atomic mass is 79.9. The molecule has 78 valence electrons. The monoisotopic (exact) mass is 257 g/mol. The molecule has 0 spiro atoms. The first-order valence-electron chi connectivity index (χ1n) is 4.70. The molecule has 0 atom stereocenters. The summed E-state index contributed by atoms with van der Waals surface area (Å²) in [6.45, 7) is 4.94. The van der Waals surface area contributed by atoms with Gasteiger partial charge in [-0.25, -0.2) is 0 Å². The van der Waals surface area contributed by atoms with E-state index in [0.717, 1.165) is 28.6 Å². The molecule has 1 aromatic carbocycles. The minimum atomic E-state index is 0.378. The Kier molecular flexibility index (Phi) is 3.96. The molecule has 0 radical (unpaired) electrons. The van der Waals surface area contributed by atoms with Crippen molar-refractivity contribution < 1.29 is 5.11 Å². The zero-order chi connectivity index (χ0) is 10.7. The number of aryl methyl sites for hydroxylation is 1. The second-order valence-corrected chi connectivity index (χ2v) is 4.29. The summed E-state index contributed by atoms with van der Waals surface area (Å²) in [5.41, 5.74) is 3.31. The van der Waals surface area contributed by atoms with Crippen LogP contribution in [0.3, 0.4) is 0 Å². The van der Waals surface area contributed by atoms with E-state index in [2.05, 4.69) is 28.2 Å². The Labute approximate surface area is 93.5 Å². The average molecular weight is 258 g/mol. The van der Waals surface area contributed by atoms with Gasteiger partial charge in [0.25, 0.3) is 0 Å². The van der Waals surface area contributed by atoms with Gasteiger partial charge in [0, 0.05) is 0 Å². The van der Waals surface area contributed by atoms with Gasteiger partial charge in [-0.05, 0) is 66.5 Å². The van der Waals surface area contributed by atoms with Crippen molar-refractivity contribution in [3.05, 3.63) is 27.2 Å². The number of phenols is 1. The molecule has 0 heterocycles. The fraction of sp³-hybridized carbons (Fsp3) is 0.455. The summed E-state index contributed by atoms with van der Waals surface area (Å²) in [6.07, 6.45) is 0.849. The topological polar surface area (TPSA) is 32.3 Å². The maximum absolute atomic E-state index is 9.85. The van der Waals surface area contributed by atoms with Gasteiger partial charge >= 0.3 is 0 Å². The Morgan fingerprint density at radius 3 is 2.64 bits per heavy atom. The predicted molar refractivity (Wildman–Crippen MR) is 62.9 cm³/mol. The summed E-state index contributed by atoms with van der Waals surface area (Å²) < 4.78 is 0.823. The lowest BCUT2D eigenvalue weighted by Crippen LogP contribution is -2.10. The first kappa shape index (κ1) is 11.5. The number of nitrogens with one attached hydrogen (secondary N) is 1. The number of phenolic OH excluding ortho intramolecular Hbond substituents is 1. The predicted octanol–water partition coefficient (Wildman–Crippen LogP) is 2.53. The number of likely N-dealkylation sites (N-methyl/N-ethyl adjacent to an activating group) is 1. The molecule has 0 saturated heterocycles. The van der Waals surface area contributed by atoms with E-state index >= 15 is 0 Å². The van der Waals surface area contributed by atoms with Gasteiger partial charge in [0.2, 0.25) is 0 Å². The summed E-state index contributed by atoms with van der Waals surface area (Å²) in [7, 11) is 1.91. The molecule has 0 amide bonds. The lowest BCUT2D eigenvalue weighted by molar-refractivity contribution is 0.463. The van der Waals surface area contributed by atoms with Crippen LogP contribution in [0.1, 0.15) is 16.7 Å². The van der Waals surface area contributed by atoms with Crippen molar-refractivity contribution in [1.29, 1.82) is 0 Å². The second kappa shape index (κ2) is 4.80. The van der Waals surface area contributed by atoms with Crippen LogP contribution in [0.15, 0.2) is 10.5 Å². The van der Waals surface area contributed by atoms with Crippen LogP contribution in [-0.4, -0.2) is 18.7 Å². The Balaban J connectivity index is 3.06. The van der Waals surface area contributed by atoms with Gasteiger partial charge < -0.3 is 10.4 Å². The first-order valence-corrected chi connectivity index (χ1v) is 5.49. The highest BCUT2D eigenvalue weighted by Gasteiger charge is 2.09. The maximum Gasteiger partial charge on any atom is 0.133 e. The van der Waals surface area contributed by atoms with E-state index in [1.165, 1.54) is 5.56 Å². The molecule has 1 rings (SSSR count). The number of halogens is 1. The van der Waals surface area contributed by atoms with E-state index in [-0.39, 0.29) is 0 Å². The van der Waals surface area contributed by atoms with Crippen molar-refractivity contribution in [3.8, 4) is 5.75 Å². The van der Waals surface area contributed by atoms with Crippen LogP contribution in [0.4, 0.5) is 0 Å². The van der Waals surface area contributed by atoms with Crippen LogP contribution in [0.25, 0.3) is 0 Å². The molecule has 3 heteroatoms. The quantitative estimate of drug-likeness (QED) is 0.873. The van der Waals surface area contributed by atoms with Crippen molar-refractivity contribution in [2.75, 3.05) is 13.6 Å². The van der Waals surface area contributed by atoms with Crippen molar-refractivity contribution in [2.24, 2.45) is 0 Å². The minimum absolute atomic E-state index is 0.378. The fourth-order valence-electron chi connectivity index (χ4n) is 1.38. The fourth-order valence-corrected chi connectivity index (χ4v) is 1.95. The smallest absolute Gasteiger partial charge is 0.133 e. The van der Waals surface area contributed by atoms with Crippen LogP contribution in [0.5, 0.6) is 5.75 Å². The van der Waals surface area contributed by atoms with E-state index in [0.29, 0.717) is 5.75 Å². The normalized spacial score (nSPS) is 10.6. The Bertz CT molecular complexity index is 337. The lowest BCUT2D eigenvalue weighted by atomic mass is 10.0. The molecule has 1 aromatic rings. The third-order valence-corrected chi connectivity index (χ3v) is 3.44. The van der Waals surface area contributed by atoms with Crippen LogP contribution >= 0.6 is 15.9 Å². The molecule has 0 aliphatic heterocycles. The highest BCUT2D eigenvalue weighted by Crippen LogP contribution is 2.33. The van der Waals surface area contributed by atoms with E-state index in [9.17, 15) is 5.11 Å². The Morgan fingerprint density at radius 1 is 1.43 bits per heavy atom. The summed E-state index contributed by atoms with van der Waals surface area (Å²) in [5.74, 6) is 0.378. The molecular weight excluding hydrogens is 242 g/mol. The SMILES string of the molecule is CNCCc1cc(C)c(C)c(Br)c1O. The van der Waals surface area contributed by atoms with Gasteiger partial charge in [-0.3, -0.25) is 0 Å². The molecule has 0 fully saturated rings. The minimum Gasteiger partial charge on any atom is -0.506 e. The van der Waals surface area contributed by atoms with Crippen LogP contribution in [-0.2, 0) is 6.42 Å². The van der Waals surface area contributed by atoms with Crippen molar-refractivity contribution in [3.63, 3.8) is 0 Å². The molecule has 0 aromatic heterocycles. The van der Waals surface area contributed by atoms with Crippen LogP contribution in [0, 0.1) is 13.8 Å². The molecule has 2 nitrogen and oxygen atoms in total. The van der Waals surface area contributed by atoms with Gasteiger partial charge in [0.15, 0.2) is 0 Å². The number of aromatic hydroxyl groups is 1. The van der Waals surface area contributed by atoms with E-state index in [1.54, 1.807) is 0 Å². The largest absolute Gasteiger partial charge is 0.506 e. The summed E-state index contributed by atoms with van der Waals surface area (Å²) >= 11 is 3.40. The molecule has 2 N–H and O–H groups in total. The molecule has 0 unspecified atom stereocenters. The lowest BCUT2D eigenvalue weighted by Gasteiger charge is -2.11. The third kappa shape index (κ3) is 2.28. The zero-order valence-corrected chi connectivity index (χ0v) is 10.4. The number of hydrogen-bond donors (Lipinski definition) is 2. The number of benzene rings is 1. The van der Waals surface area contributed by atoms with E-state index < -0.39 is 0 Å². The van der Waals surface area contributed by atoms with Crippen molar-refractivity contribution in [2.45, 2.75) is 20.3 Å². The average Bonchev–Trinajstić information content (AvgIpc) is 2.18. The van der Waals surface area contributed by atoms with Gasteiger partial charge in [0.1, 0.15) is 5.75 Å². The molecule has 0 saturated carbocycles. The molecule has 0 bridgehead atoms.